The molecule has 1 heterocycles. The van der Waals surface area contributed by atoms with Crippen molar-refractivity contribution in [2.24, 2.45) is 0 Å². The topological polar surface area (TPSA) is 26.3 Å². The van der Waals surface area contributed by atoms with E-state index in [1.807, 2.05) is 45.0 Å². The highest BCUT2D eigenvalue weighted by molar-refractivity contribution is 5.86. The smallest absolute Gasteiger partial charge is 0.140 e. The summed E-state index contributed by atoms with van der Waals surface area (Å²) in [5.74, 6) is 1.18. The first kappa shape index (κ1) is 11.2. The molecule has 16 heavy (non-hydrogen) atoms. The Balaban J connectivity index is 2.43. The van der Waals surface area contributed by atoms with Crippen molar-refractivity contribution in [1.82, 2.24) is 0 Å². The summed E-state index contributed by atoms with van der Waals surface area (Å²) in [6.45, 7) is 6.01. The van der Waals surface area contributed by atoms with Gasteiger partial charge in [0.25, 0.3) is 0 Å². The summed E-state index contributed by atoms with van der Waals surface area (Å²) < 4.78 is 5.89. The maximum atomic E-state index is 12.0. The maximum Gasteiger partial charge on any atom is 0.140 e. The zero-order valence-electron chi connectivity index (χ0n) is 10.1. The summed E-state index contributed by atoms with van der Waals surface area (Å²) in [5, 5.41) is 0. The van der Waals surface area contributed by atoms with E-state index in [2.05, 4.69) is 0 Å². The number of hydrogen-bond acceptors (Lipinski definition) is 2. The highest BCUT2D eigenvalue weighted by atomic mass is 16.5. The van der Waals surface area contributed by atoms with Gasteiger partial charge < -0.3 is 4.74 Å². The lowest BCUT2D eigenvalue weighted by atomic mass is 9.81. The van der Waals surface area contributed by atoms with Crippen LogP contribution in [-0.2, 0) is 4.79 Å². The van der Waals surface area contributed by atoms with E-state index in [9.17, 15) is 4.79 Å². The second-order valence-electron chi connectivity index (χ2n) is 4.98. The Morgan fingerprint density at radius 1 is 1.44 bits per heavy atom. The minimum Gasteiger partial charge on any atom is -0.488 e. The highest BCUT2D eigenvalue weighted by Crippen LogP contribution is 2.41. The van der Waals surface area contributed by atoms with Crippen molar-refractivity contribution in [1.29, 1.82) is 0 Å². The van der Waals surface area contributed by atoms with Crippen LogP contribution < -0.4 is 4.74 Å². The van der Waals surface area contributed by atoms with Crippen molar-refractivity contribution >= 4 is 5.78 Å². The summed E-state index contributed by atoms with van der Waals surface area (Å²) in [6.07, 6.45) is 1.37. The van der Waals surface area contributed by atoms with E-state index in [1.54, 1.807) is 0 Å². The normalized spacial score (nSPS) is 22.1. The van der Waals surface area contributed by atoms with E-state index in [0.29, 0.717) is 12.2 Å². The molecule has 1 aromatic rings. The Morgan fingerprint density at radius 3 is 2.81 bits per heavy atom. The van der Waals surface area contributed by atoms with Crippen LogP contribution in [-0.4, -0.2) is 11.4 Å². The average Bonchev–Trinajstić information content (AvgIpc) is 2.25. The van der Waals surface area contributed by atoms with Crippen LogP contribution in [0.25, 0.3) is 0 Å². The molecule has 0 saturated carbocycles. The summed E-state index contributed by atoms with van der Waals surface area (Å²) in [6, 6.07) is 7.87. The minimum absolute atomic E-state index is 0.00458. The molecule has 0 spiro atoms. The fourth-order valence-corrected chi connectivity index (χ4v) is 2.34. The SMILES string of the molecule is CCC(=O)C1CC(C)(C)Oc2ccccc21. The number of para-hydroxylation sites is 1. The standard InChI is InChI=1S/C14H18O2/c1-4-12(15)11-9-14(2,3)16-13-8-6-5-7-10(11)13/h5-8,11H,4,9H2,1-3H3. The van der Waals surface area contributed by atoms with Crippen LogP contribution in [0.15, 0.2) is 24.3 Å². The van der Waals surface area contributed by atoms with Crippen molar-refractivity contribution in [3.8, 4) is 5.75 Å². The van der Waals surface area contributed by atoms with Gasteiger partial charge in [-0.25, -0.2) is 0 Å². The molecule has 0 N–H and O–H groups in total. The molecule has 0 bridgehead atoms. The molecular weight excluding hydrogens is 200 g/mol. The zero-order valence-corrected chi connectivity index (χ0v) is 10.1. The lowest BCUT2D eigenvalue weighted by molar-refractivity contribution is -0.122. The molecule has 1 aliphatic rings. The van der Waals surface area contributed by atoms with Gasteiger partial charge in [0.2, 0.25) is 0 Å². The van der Waals surface area contributed by atoms with Gasteiger partial charge in [0.15, 0.2) is 0 Å². The molecule has 2 rings (SSSR count). The lowest BCUT2D eigenvalue weighted by Crippen LogP contribution is -2.37. The van der Waals surface area contributed by atoms with Crippen molar-refractivity contribution < 1.29 is 9.53 Å². The Kier molecular flexibility index (Phi) is 2.75. The fraction of sp³-hybridized carbons (Fsp3) is 0.500. The third kappa shape index (κ3) is 1.97. The Labute approximate surface area is 96.6 Å². The van der Waals surface area contributed by atoms with E-state index >= 15 is 0 Å². The van der Waals surface area contributed by atoms with E-state index in [1.165, 1.54) is 0 Å². The number of fused-ring (bicyclic) bond motifs is 1. The molecule has 2 nitrogen and oxygen atoms in total. The molecule has 0 fully saturated rings. The Morgan fingerprint density at radius 2 is 2.12 bits per heavy atom. The van der Waals surface area contributed by atoms with Crippen LogP contribution in [0.3, 0.4) is 0 Å². The number of ketones is 1. The van der Waals surface area contributed by atoms with Gasteiger partial charge in [-0.2, -0.15) is 0 Å². The molecule has 1 aromatic carbocycles. The van der Waals surface area contributed by atoms with Crippen LogP contribution in [0.4, 0.5) is 0 Å². The number of Topliss-reactive ketones (excluding diaryl/α,β-unsaturated/α-hetero) is 1. The predicted octanol–water partition coefficient (Wildman–Crippen LogP) is 3.31. The molecule has 86 valence electrons. The Hall–Kier alpha value is -1.31. The number of carbonyl (C=O) groups excluding carboxylic acids is 1. The number of hydrogen-bond donors (Lipinski definition) is 0. The largest absolute Gasteiger partial charge is 0.488 e. The van der Waals surface area contributed by atoms with E-state index < -0.39 is 0 Å². The molecule has 0 saturated heterocycles. The lowest BCUT2D eigenvalue weighted by Gasteiger charge is -2.36. The average molecular weight is 218 g/mol. The molecule has 2 heteroatoms. The minimum atomic E-state index is -0.246. The molecule has 1 aliphatic heterocycles. The third-order valence-corrected chi connectivity index (χ3v) is 3.11. The number of carbonyl (C=O) groups is 1. The molecule has 1 unspecified atom stereocenters. The van der Waals surface area contributed by atoms with Gasteiger partial charge in [0.1, 0.15) is 17.1 Å². The maximum absolute atomic E-state index is 12.0. The second kappa shape index (κ2) is 3.93. The number of ether oxygens (including phenoxy) is 1. The number of benzene rings is 1. The molecule has 0 aliphatic carbocycles. The fourth-order valence-electron chi connectivity index (χ4n) is 2.34. The van der Waals surface area contributed by atoms with E-state index in [4.69, 9.17) is 4.74 Å². The van der Waals surface area contributed by atoms with Crippen LogP contribution in [0.1, 0.15) is 45.1 Å². The second-order valence-corrected chi connectivity index (χ2v) is 4.98. The monoisotopic (exact) mass is 218 g/mol. The zero-order chi connectivity index (χ0) is 11.8. The highest BCUT2D eigenvalue weighted by Gasteiger charge is 2.36. The van der Waals surface area contributed by atoms with Gasteiger partial charge in [-0.05, 0) is 19.9 Å². The van der Waals surface area contributed by atoms with Crippen molar-refractivity contribution in [2.45, 2.75) is 45.1 Å². The van der Waals surface area contributed by atoms with Gasteiger partial charge in [-0.3, -0.25) is 4.79 Å². The van der Waals surface area contributed by atoms with Crippen LogP contribution in [0.2, 0.25) is 0 Å². The summed E-state index contributed by atoms with van der Waals surface area (Å²) in [7, 11) is 0. The van der Waals surface area contributed by atoms with Gasteiger partial charge in [-0.1, -0.05) is 25.1 Å². The van der Waals surface area contributed by atoms with Gasteiger partial charge in [0, 0.05) is 18.4 Å². The third-order valence-electron chi connectivity index (χ3n) is 3.11. The van der Waals surface area contributed by atoms with Gasteiger partial charge >= 0.3 is 0 Å². The predicted molar refractivity (Wildman–Crippen MR) is 63.8 cm³/mol. The molecule has 0 radical (unpaired) electrons. The molecule has 0 amide bonds. The van der Waals surface area contributed by atoms with Crippen LogP contribution >= 0.6 is 0 Å². The quantitative estimate of drug-likeness (QED) is 0.761. The summed E-state index contributed by atoms with van der Waals surface area (Å²) >= 11 is 0. The number of rotatable bonds is 2. The van der Waals surface area contributed by atoms with Gasteiger partial charge in [-0.15, -0.1) is 0 Å². The van der Waals surface area contributed by atoms with E-state index in [-0.39, 0.29) is 11.5 Å². The molecule has 1 atom stereocenters. The first-order valence-electron chi connectivity index (χ1n) is 5.84. The van der Waals surface area contributed by atoms with E-state index in [0.717, 1.165) is 17.7 Å². The molecular formula is C14H18O2. The summed E-state index contributed by atoms with van der Waals surface area (Å²) in [5.41, 5.74) is 0.804. The Bertz CT molecular complexity index is 407. The summed E-state index contributed by atoms with van der Waals surface area (Å²) in [4.78, 5) is 12.0. The van der Waals surface area contributed by atoms with Crippen LogP contribution in [0, 0.1) is 0 Å². The van der Waals surface area contributed by atoms with Gasteiger partial charge in [0.05, 0.1) is 5.92 Å². The molecule has 0 aromatic heterocycles. The first-order chi connectivity index (χ1) is 7.53. The van der Waals surface area contributed by atoms with Crippen molar-refractivity contribution in [3.05, 3.63) is 29.8 Å². The van der Waals surface area contributed by atoms with Crippen LogP contribution in [0.5, 0.6) is 5.75 Å². The van der Waals surface area contributed by atoms with Crippen molar-refractivity contribution in [2.75, 3.05) is 0 Å². The first-order valence-corrected chi connectivity index (χ1v) is 5.84. The van der Waals surface area contributed by atoms with Crippen molar-refractivity contribution in [3.63, 3.8) is 0 Å².